The number of carbonyl (C=O) groups is 1. The fourth-order valence-corrected chi connectivity index (χ4v) is 3.37. The third kappa shape index (κ3) is 41.2. The molecule has 4 atom stereocenters. The summed E-state index contributed by atoms with van der Waals surface area (Å²) in [7, 11) is -9.33. The summed E-state index contributed by atoms with van der Waals surface area (Å²) in [4.78, 5) is 19.4. The van der Waals surface area contributed by atoms with Gasteiger partial charge in [-0.3, -0.25) is 18.2 Å². The summed E-state index contributed by atoms with van der Waals surface area (Å²) < 4.78 is 65.3. The van der Waals surface area contributed by atoms with Crippen molar-refractivity contribution in [2.75, 3.05) is 18.9 Å². The molecule has 0 bridgehead atoms. The molecule has 2 rings (SSSR count). The molecule has 0 spiro atoms. The van der Waals surface area contributed by atoms with Crippen LogP contribution in [-0.4, -0.2) is 180 Å². The van der Waals surface area contributed by atoms with E-state index in [-0.39, 0.29) is 177 Å². The molecule has 0 amide bonds. The van der Waals surface area contributed by atoms with E-state index in [0.717, 1.165) is 11.3 Å². The van der Waals surface area contributed by atoms with Gasteiger partial charge in [0.05, 0.1) is 17.0 Å². The second-order valence-electron chi connectivity index (χ2n) is 7.41. The maximum absolute atomic E-state index is 9.90. The number of nitrogens with zero attached hydrogens (tertiary/aromatic N) is 3. The Morgan fingerprint density at radius 2 is 1.40 bits per heavy atom. The topological polar surface area (TPSA) is 343 Å². The molecule has 0 aliphatic rings. The van der Waals surface area contributed by atoms with Crippen LogP contribution in [0.25, 0.3) is 0 Å². The number of aliphatic hydroxyl groups excluding tert-OH is 6. The maximum Gasteiger partial charge on any atom is 2.00 e. The molecule has 0 aliphatic carbocycles. The van der Waals surface area contributed by atoms with Gasteiger partial charge in [0.2, 0.25) is 5.51 Å². The molecule has 48 heavy (non-hydrogen) atoms. The van der Waals surface area contributed by atoms with Crippen molar-refractivity contribution < 1.29 is 153 Å². The summed E-state index contributed by atoms with van der Waals surface area (Å²) >= 11 is 1.65. The van der Waals surface area contributed by atoms with Gasteiger partial charge < -0.3 is 70.3 Å². The molecule has 30 heteroatoms. The Morgan fingerprint density at radius 3 is 1.73 bits per heavy atom. The largest absolute Gasteiger partial charge is 2.00 e. The second-order valence-corrected chi connectivity index (χ2v) is 10.1. The quantitative estimate of drug-likeness (QED) is 0.0481. The van der Waals surface area contributed by atoms with Crippen LogP contribution in [0.15, 0.2) is 11.7 Å². The number of nitrogens with two attached hydrogens (primary N) is 1. The number of aldehydes is 1. The molecule has 0 saturated carbocycles. The van der Waals surface area contributed by atoms with E-state index in [0.29, 0.717) is 24.6 Å². The summed E-state index contributed by atoms with van der Waals surface area (Å²) in [6, 6.07) is 0. The molecule has 19 nitrogen and oxygen atoms in total. The first-order valence-corrected chi connectivity index (χ1v) is 14.2. The number of anilines is 1. The van der Waals surface area contributed by atoms with E-state index >= 15 is 0 Å². The van der Waals surface area contributed by atoms with Crippen molar-refractivity contribution in [1.29, 1.82) is 0 Å². The van der Waals surface area contributed by atoms with Crippen molar-refractivity contribution in [1.82, 2.24) is 9.97 Å². The number of aromatic nitrogens is 3. The summed E-state index contributed by atoms with van der Waals surface area (Å²) in [5.41, 5.74) is 10.0. The van der Waals surface area contributed by atoms with Crippen LogP contribution in [0.2, 0.25) is 0 Å². The van der Waals surface area contributed by atoms with Gasteiger partial charge in [-0.2, -0.15) is 21.4 Å². The molecule has 0 aromatic carbocycles. The zero-order valence-electron chi connectivity index (χ0n) is 28.7. The number of rotatable bonds is 9. The first kappa shape index (κ1) is 75.4. The van der Waals surface area contributed by atoms with Gasteiger partial charge in [-0.05, 0) is 6.92 Å². The van der Waals surface area contributed by atoms with Gasteiger partial charge >= 0.3 is 111 Å². The SMILES string of the molecule is Cc1ncc(C[n+]2csc(CCO)c2C)c(N)n1.Cl.Cl.O=C[C@H](O)[C@@H](O)[C@H](O)[C@H](O)CO.O=S(=O)(O)O.O=S(=O)(O)O.[Ca+2].[Cl-].[Cl-].[H-].[H-].[H-].[Mg+2].[Na+].[Zn]. The minimum Gasteiger partial charge on any atom is -1.00 e. The number of aliphatic hydroxyl groups is 6. The number of thiazole rings is 1. The Labute approximate surface area is 391 Å². The Hall–Kier alpha value is 2.49. The summed E-state index contributed by atoms with van der Waals surface area (Å²) in [6.07, 6.45) is -4.37. The van der Waals surface area contributed by atoms with E-state index in [9.17, 15) is 4.79 Å². The number of nitrogen functional groups attached to an aromatic ring is 1. The van der Waals surface area contributed by atoms with Gasteiger partial charge in [0.25, 0.3) is 0 Å². The predicted molar refractivity (Wildman–Crippen MR) is 165 cm³/mol. The molecule has 272 valence electrons. The van der Waals surface area contributed by atoms with Crippen LogP contribution in [0, 0.1) is 13.8 Å². The fraction of sp³-hybridized carbons (Fsp3) is 0.556. The smallest absolute Gasteiger partial charge is 1.00 e. The van der Waals surface area contributed by atoms with Gasteiger partial charge in [0.15, 0.2) is 18.5 Å². The number of hydrogen-bond acceptors (Lipinski definition) is 15. The zero-order valence-corrected chi connectivity index (χ0v) is 39.9. The molecule has 2 aromatic rings. The standard InChI is InChI=1S/C12H17N4OS.C6H12O6.Ca.4ClH.Mg.Na.2H2O4S.Zn.3H/c1-8-11(3-4-17)18-7-16(8)6-10-5-14-9(2)15-12(10)13;7-1-3(9)5(11)6(12)4(10)2-8;;;;;;;;2*1-5(2,3)4;;;;/h5,7,17H,3-4,6H2,1-2H3,(H2,13,14,15);1,3-6,8-12H,2H2;;4*1H;;;2*(H2,1,2,3,4);;;;/q+1;;+2;;;;;+2;+1;;;;3*-1/p-2/t;3-,4+,5+,6+;;;;;;;;;;;;;/m.0............./s1. The van der Waals surface area contributed by atoms with Crippen LogP contribution in [0.5, 0.6) is 0 Å². The first-order valence-electron chi connectivity index (χ1n) is 10.5. The molecule has 0 radical (unpaired) electrons. The molecular weight excluding hydrogens is 903 g/mol. The Kier molecular flexibility index (Phi) is 61.6. The molecule has 0 unspecified atom stereocenters. The first-order chi connectivity index (χ1) is 18.2. The van der Waals surface area contributed by atoms with E-state index in [1.54, 1.807) is 17.5 Å². The van der Waals surface area contributed by atoms with E-state index in [1.165, 1.54) is 4.88 Å². The Balaban J connectivity index is -0.0000000356. The number of aryl methyl sites for hydroxylation is 1. The third-order valence-electron chi connectivity index (χ3n) is 4.28. The summed E-state index contributed by atoms with van der Waals surface area (Å²) in [5, 5.41) is 52.5. The average molecular weight is 941 g/mol. The number of carbonyl (C=O) groups excluding carboxylic acids is 1. The molecule has 12 N–H and O–H groups in total. The molecule has 0 saturated heterocycles. The van der Waals surface area contributed by atoms with Crippen LogP contribution < -0.4 is 64.7 Å². The predicted octanol–water partition coefficient (Wildman–Crippen LogP) is -12.6. The van der Waals surface area contributed by atoms with Crippen LogP contribution in [-0.2, 0) is 58.0 Å². The van der Waals surface area contributed by atoms with Crippen molar-refractivity contribution in [3.05, 3.63) is 33.7 Å². The molecule has 0 fully saturated rings. The van der Waals surface area contributed by atoms with Crippen LogP contribution in [0.1, 0.15) is 26.2 Å². The van der Waals surface area contributed by atoms with Gasteiger partial charge in [0, 0.05) is 45.6 Å². The van der Waals surface area contributed by atoms with Crippen molar-refractivity contribution in [3.8, 4) is 0 Å². The van der Waals surface area contributed by atoms with Gasteiger partial charge in [-0.15, -0.1) is 24.8 Å². The summed E-state index contributed by atoms with van der Waals surface area (Å²) in [6.45, 7) is 3.95. The molecule has 2 heterocycles. The van der Waals surface area contributed by atoms with Crippen molar-refractivity contribution in [3.63, 3.8) is 0 Å². The monoisotopic (exact) mass is 937 g/mol. The maximum atomic E-state index is 9.90. The fourth-order valence-electron chi connectivity index (χ4n) is 2.38. The number of hydrogen-bond donors (Lipinski definition) is 11. The molecule has 2 aromatic heterocycles. The van der Waals surface area contributed by atoms with Crippen LogP contribution >= 0.6 is 36.2 Å². The Morgan fingerprint density at radius 1 is 0.979 bits per heavy atom. The third-order valence-corrected chi connectivity index (χ3v) is 5.42. The van der Waals surface area contributed by atoms with E-state index < -0.39 is 51.8 Å². The van der Waals surface area contributed by atoms with Crippen LogP contribution in [0.3, 0.4) is 0 Å². The minimum atomic E-state index is -4.67. The minimum absolute atomic E-state index is 0. The van der Waals surface area contributed by atoms with Gasteiger partial charge in [-0.25, -0.2) is 9.97 Å². The van der Waals surface area contributed by atoms with E-state index in [1.807, 2.05) is 19.4 Å². The van der Waals surface area contributed by atoms with Gasteiger partial charge in [-0.1, -0.05) is 11.3 Å². The van der Waals surface area contributed by atoms with Gasteiger partial charge in [0.1, 0.15) is 36.1 Å². The molecular formula is C18H38CaCl4MgN4NaO15S3Zn+. The van der Waals surface area contributed by atoms with Crippen molar-refractivity contribution in [2.24, 2.45) is 0 Å². The van der Waals surface area contributed by atoms with E-state index in [2.05, 4.69) is 14.5 Å². The second kappa shape index (κ2) is 39.2. The Bertz CT molecular complexity index is 1260. The average Bonchev–Trinajstić information content (AvgIpc) is 3.16. The van der Waals surface area contributed by atoms with E-state index in [4.69, 9.17) is 71.4 Å². The normalized spacial score (nSPS) is 11.8. The summed E-state index contributed by atoms with van der Waals surface area (Å²) in [5.74, 6) is 1.22. The van der Waals surface area contributed by atoms with Crippen molar-refractivity contribution in [2.45, 2.75) is 51.2 Å². The van der Waals surface area contributed by atoms with Crippen LogP contribution in [0.4, 0.5) is 5.82 Å². The zero-order chi connectivity index (χ0) is 31.8. The number of halogens is 4. The molecule has 0 aliphatic heterocycles. The van der Waals surface area contributed by atoms with Crippen molar-refractivity contribution >= 4 is 130 Å².